The molecule has 0 fully saturated rings. The van der Waals surface area contributed by atoms with Crippen LogP contribution in [0.4, 0.5) is 0 Å². The second kappa shape index (κ2) is 10.6. The maximum absolute atomic E-state index is 13.7. The van der Waals surface area contributed by atoms with Crippen molar-refractivity contribution in [3.63, 3.8) is 0 Å². The number of hydrogen-bond acceptors (Lipinski definition) is 8. The van der Waals surface area contributed by atoms with E-state index < -0.39 is 18.0 Å². The Morgan fingerprint density at radius 1 is 1.22 bits per heavy atom. The second-order valence-electron chi connectivity index (χ2n) is 7.84. The van der Waals surface area contributed by atoms with Crippen molar-refractivity contribution in [2.75, 3.05) is 13.7 Å². The molecule has 8 nitrogen and oxygen atoms in total. The molecule has 0 aliphatic carbocycles. The summed E-state index contributed by atoms with van der Waals surface area (Å²) in [6, 6.07) is 12.1. The summed E-state index contributed by atoms with van der Waals surface area (Å²) in [6.07, 6.45) is 1.71. The van der Waals surface area contributed by atoms with Gasteiger partial charge in [0, 0.05) is 6.92 Å². The van der Waals surface area contributed by atoms with Crippen molar-refractivity contribution < 1.29 is 23.8 Å². The molecule has 10 heteroatoms. The van der Waals surface area contributed by atoms with Crippen LogP contribution < -0.4 is 24.4 Å². The molecule has 36 heavy (non-hydrogen) atoms. The Morgan fingerprint density at radius 3 is 2.58 bits per heavy atom. The largest absolute Gasteiger partial charge is 0.493 e. The molecule has 0 saturated heterocycles. The van der Waals surface area contributed by atoms with Gasteiger partial charge in [0.25, 0.3) is 5.56 Å². The van der Waals surface area contributed by atoms with E-state index in [0.29, 0.717) is 36.4 Å². The van der Waals surface area contributed by atoms with Gasteiger partial charge in [-0.3, -0.25) is 14.2 Å². The number of rotatable bonds is 6. The van der Waals surface area contributed by atoms with Gasteiger partial charge in [-0.1, -0.05) is 41.7 Å². The van der Waals surface area contributed by atoms with Gasteiger partial charge in [-0.2, -0.15) is 0 Å². The predicted molar refractivity (Wildman–Crippen MR) is 139 cm³/mol. The number of carbonyl (C=O) groups excluding carboxylic acids is 2. The third kappa shape index (κ3) is 4.91. The fourth-order valence-electron chi connectivity index (χ4n) is 3.96. The van der Waals surface area contributed by atoms with Gasteiger partial charge in [0.15, 0.2) is 16.3 Å². The summed E-state index contributed by atoms with van der Waals surface area (Å²) in [5.41, 5.74) is 1.97. The summed E-state index contributed by atoms with van der Waals surface area (Å²) < 4.78 is 18.4. The van der Waals surface area contributed by atoms with Crippen LogP contribution in [0.25, 0.3) is 6.08 Å². The highest BCUT2D eigenvalue weighted by Gasteiger charge is 2.33. The summed E-state index contributed by atoms with van der Waals surface area (Å²) in [5.74, 6) is -0.399. The number of esters is 2. The van der Waals surface area contributed by atoms with Crippen molar-refractivity contribution in [2.24, 2.45) is 4.99 Å². The maximum Gasteiger partial charge on any atom is 0.338 e. The molecule has 0 unspecified atom stereocenters. The third-order valence-electron chi connectivity index (χ3n) is 5.43. The lowest BCUT2D eigenvalue weighted by Crippen LogP contribution is -2.39. The molecule has 1 aliphatic rings. The standard InChI is InChI=1S/C26H23BrN2O6S/c1-5-34-25(32)21-14(2)28-26-29(22(21)17-9-7-6-8-10-17)24(31)20(36-26)13-16-11-18(27)23(35-15(3)30)19(12-16)33-4/h6-13,22H,5H2,1-4H3/b20-13-/t22-/m1/s1. The molecule has 0 amide bonds. The minimum absolute atomic E-state index is 0.210. The molecule has 1 aliphatic heterocycles. The zero-order valence-corrected chi connectivity index (χ0v) is 22.4. The van der Waals surface area contributed by atoms with E-state index >= 15 is 0 Å². The van der Waals surface area contributed by atoms with Gasteiger partial charge >= 0.3 is 11.9 Å². The molecule has 0 spiro atoms. The van der Waals surface area contributed by atoms with E-state index in [4.69, 9.17) is 14.2 Å². The molecule has 186 valence electrons. The molecular formula is C26H23BrN2O6S. The highest BCUT2D eigenvalue weighted by atomic mass is 79.9. The summed E-state index contributed by atoms with van der Waals surface area (Å²) in [5, 5.41) is 0. The number of methoxy groups -OCH3 is 1. The molecule has 0 radical (unpaired) electrons. The lowest BCUT2D eigenvalue weighted by molar-refractivity contribution is -0.139. The van der Waals surface area contributed by atoms with E-state index in [1.807, 2.05) is 30.3 Å². The average Bonchev–Trinajstić information content (AvgIpc) is 3.14. The SMILES string of the molecule is CCOC(=O)C1=C(C)N=c2s/c(=C\c3cc(Br)c(OC(C)=O)c(OC)c3)c(=O)n2[C@@H]1c1ccccc1. The number of halogens is 1. The molecule has 2 aromatic carbocycles. The number of benzene rings is 2. The van der Waals surface area contributed by atoms with E-state index in [1.165, 1.54) is 29.9 Å². The van der Waals surface area contributed by atoms with Crippen LogP contribution >= 0.6 is 27.3 Å². The van der Waals surface area contributed by atoms with Crippen molar-refractivity contribution in [1.82, 2.24) is 4.57 Å². The molecule has 4 rings (SSSR count). The Morgan fingerprint density at radius 2 is 1.94 bits per heavy atom. The average molecular weight is 571 g/mol. The number of carbonyl (C=O) groups is 2. The van der Waals surface area contributed by atoms with Crippen LogP contribution in [0.1, 0.15) is 37.9 Å². The molecule has 1 atom stereocenters. The zero-order valence-electron chi connectivity index (χ0n) is 20.0. The highest BCUT2D eigenvalue weighted by molar-refractivity contribution is 9.10. The van der Waals surface area contributed by atoms with Gasteiger partial charge in [-0.05, 0) is 59.1 Å². The highest BCUT2D eigenvalue weighted by Crippen LogP contribution is 2.37. The van der Waals surface area contributed by atoms with Gasteiger partial charge < -0.3 is 14.2 Å². The van der Waals surface area contributed by atoms with Gasteiger partial charge in [-0.25, -0.2) is 9.79 Å². The second-order valence-corrected chi connectivity index (χ2v) is 9.70. The first-order chi connectivity index (χ1) is 17.2. The first-order valence-corrected chi connectivity index (χ1v) is 12.7. The van der Waals surface area contributed by atoms with Gasteiger partial charge in [0.2, 0.25) is 0 Å². The molecule has 2 heterocycles. The molecule has 0 N–H and O–H groups in total. The number of thiazole rings is 1. The summed E-state index contributed by atoms with van der Waals surface area (Å²) in [6.45, 7) is 4.99. The third-order valence-corrected chi connectivity index (χ3v) is 7.00. The quantitative estimate of drug-likeness (QED) is 0.332. The fraction of sp³-hybridized carbons (Fsp3) is 0.231. The number of nitrogens with zero attached hydrogens (tertiary/aromatic N) is 2. The van der Waals surface area contributed by atoms with Crippen LogP contribution in [0.2, 0.25) is 0 Å². The van der Waals surface area contributed by atoms with Crippen LogP contribution in [0.5, 0.6) is 11.5 Å². The lowest BCUT2D eigenvalue weighted by atomic mass is 9.96. The number of fused-ring (bicyclic) bond motifs is 1. The number of hydrogen-bond donors (Lipinski definition) is 0. The zero-order chi connectivity index (χ0) is 26.0. The van der Waals surface area contributed by atoms with E-state index in [0.717, 1.165) is 5.56 Å². The number of ether oxygens (including phenoxy) is 3. The number of allylic oxidation sites excluding steroid dienone is 1. The van der Waals surface area contributed by atoms with Crippen LogP contribution in [-0.2, 0) is 14.3 Å². The van der Waals surface area contributed by atoms with Crippen LogP contribution in [-0.4, -0.2) is 30.2 Å². The van der Waals surface area contributed by atoms with E-state index in [2.05, 4.69) is 20.9 Å². The fourth-order valence-corrected chi connectivity index (χ4v) is 5.55. The van der Waals surface area contributed by atoms with Crippen LogP contribution in [0, 0.1) is 0 Å². The Hall–Kier alpha value is -3.50. The van der Waals surface area contributed by atoms with Crippen molar-refractivity contribution in [2.45, 2.75) is 26.8 Å². The van der Waals surface area contributed by atoms with Crippen molar-refractivity contribution >= 4 is 45.3 Å². The monoisotopic (exact) mass is 570 g/mol. The summed E-state index contributed by atoms with van der Waals surface area (Å²) in [4.78, 5) is 43.1. The smallest absolute Gasteiger partial charge is 0.338 e. The minimum Gasteiger partial charge on any atom is -0.493 e. The van der Waals surface area contributed by atoms with Crippen molar-refractivity contribution in [3.8, 4) is 11.5 Å². The van der Waals surface area contributed by atoms with E-state index in [9.17, 15) is 14.4 Å². The van der Waals surface area contributed by atoms with Gasteiger partial charge in [-0.15, -0.1) is 0 Å². The van der Waals surface area contributed by atoms with Gasteiger partial charge in [0.1, 0.15) is 0 Å². The molecular weight excluding hydrogens is 548 g/mol. The Balaban J connectivity index is 1.91. The van der Waals surface area contributed by atoms with Crippen LogP contribution in [0.3, 0.4) is 0 Å². The van der Waals surface area contributed by atoms with Crippen LogP contribution in [0.15, 0.2) is 68.0 Å². The first kappa shape index (κ1) is 25.6. The maximum atomic E-state index is 13.7. The van der Waals surface area contributed by atoms with E-state index in [-0.39, 0.29) is 17.9 Å². The van der Waals surface area contributed by atoms with Gasteiger partial charge in [0.05, 0.1) is 40.0 Å². The first-order valence-electron chi connectivity index (χ1n) is 11.1. The predicted octanol–water partition coefficient (Wildman–Crippen LogP) is 3.49. The summed E-state index contributed by atoms with van der Waals surface area (Å²) in [7, 11) is 1.46. The normalized spacial score (nSPS) is 15.2. The van der Waals surface area contributed by atoms with Crippen molar-refractivity contribution in [1.29, 1.82) is 0 Å². The Kier molecular flexibility index (Phi) is 7.56. The number of aromatic nitrogens is 1. The molecule has 3 aromatic rings. The lowest BCUT2D eigenvalue weighted by Gasteiger charge is -2.24. The Labute approximate surface area is 219 Å². The topological polar surface area (TPSA) is 96.2 Å². The minimum atomic E-state index is -0.670. The molecule has 0 saturated carbocycles. The Bertz CT molecular complexity index is 1560. The molecule has 1 aromatic heterocycles. The molecule has 0 bridgehead atoms. The van der Waals surface area contributed by atoms with E-state index in [1.54, 1.807) is 32.1 Å². The van der Waals surface area contributed by atoms with Crippen molar-refractivity contribution in [3.05, 3.63) is 89.0 Å². The summed E-state index contributed by atoms with van der Waals surface area (Å²) >= 11 is 4.63.